The lowest BCUT2D eigenvalue weighted by atomic mass is 10.0. The number of pyridine rings is 1. The van der Waals surface area contributed by atoms with E-state index in [4.69, 9.17) is 0 Å². The standard InChI is InChI=1S/C20H23F3N4OS/c1-19(2)12-26(15-4-6-16(7-5-15)29-20(21,22)23)13-27(19)11-14-8-9-25-10-17(14)18(28)24-3/h4-10H,11-13H2,1-3H3,(H,24,28). The number of carbonyl (C=O) groups excluding carboxylic acids is 1. The maximum absolute atomic E-state index is 12.5. The maximum Gasteiger partial charge on any atom is 0.446 e. The lowest BCUT2D eigenvalue weighted by Crippen LogP contribution is -2.40. The molecule has 0 radical (unpaired) electrons. The summed E-state index contributed by atoms with van der Waals surface area (Å²) >= 11 is -0.112. The molecule has 1 amide bonds. The predicted molar refractivity (Wildman–Crippen MR) is 108 cm³/mol. The Hall–Kier alpha value is -2.26. The van der Waals surface area contributed by atoms with Crippen LogP contribution in [0.4, 0.5) is 18.9 Å². The third-order valence-corrected chi connectivity index (χ3v) is 5.69. The number of thioether (sulfide) groups is 1. The lowest BCUT2D eigenvalue weighted by molar-refractivity contribution is -0.0328. The number of hydrogen-bond donors (Lipinski definition) is 1. The van der Waals surface area contributed by atoms with Crippen molar-refractivity contribution in [2.75, 3.05) is 25.2 Å². The first kappa shape index (κ1) is 21.4. The minimum absolute atomic E-state index is 0.112. The van der Waals surface area contributed by atoms with Gasteiger partial charge in [-0.25, -0.2) is 0 Å². The Morgan fingerprint density at radius 3 is 2.55 bits per heavy atom. The van der Waals surface area contributed by atoms with Crippen LogP contribution in [-0.2, 0) is 6.54 Å². The van der Waals surface area contributed by atoms with Crippen molar-refractivity contribution in [3.05, 3.63) is 53.9 Å². The molecule has 1 saturated heterocycles. The van der Waals surface area contributed by atoms with Gasteiger partial charge in [0, 0.05) is 48.7 Å². The van der Waals surface area contributed by atoms with Gasteiger partial charge in [0.25, 0.3) is 5.91 Å². The van der Waals surface area contributed by atoms with Crippen LogP contribution in [0, 0.1) is 0 Å². The molecule has 3 rings (SSSR count). The van der Waals surface area contributed by atoms with E-state index in [0.717, 1.165) is 17.8 Å². The molecule has 0 atom stereocenters. The molecule has 0 bridgehead atoms. The highest BCUT2D eigenvalue weighted by Crippen LogP contribution is 2.38. The largest absolute Gasteiger partial charge is 0.446 e. The van der Waals surface area contributed by atoms with Crippen LogP contribution in [0.3, 0.4) is 0 Å². The number of alkyl halides is 3. The number of hydrogen-bond acceptors (Lipinski definition) is 5. The molecule has 1 N–H and O–H groups in total. The van der Waals surface area contributed by atoms with E-state index < -0.39 is 5.51 Å². The molecule has 1 aliphatic rings. The van der Waals surface area contributed by atoms with Gasteiger partial charge in [0.2, 0.25) is 0 Å². The monoisotopic (exact) mass is 424 g/mol. The van der Waals surface area contributed by atoms with Crippen LogP contribution in [-0.4, -0.2) is 47.1 Å². The summed E-state index contributed by atoms with van der Waals surface area (Å²) in [5, 5.41) is 2.63. The summed E-state index contributed by atoms with van der Waals surface area (Å²) in [5.41, 5.74) is -2.18. The molecule has 156 valence electrons. The molecule has 9 heteroatoms. The van der Waals surface area contributed by atoms with Gasteiger partial charge < -0.3 is 10.2 Å². The number of nitrogens with one attached hydrogen (secondary N) is 1. The molecule has 1 aliphatic heterocycles. The van der Waals surface area contributed by atoms with Crippen LogP contribution in [0.25, 0.3) is 0 Å². The predicted octanol–water partition coefficient (Wildman–Crippen LogP) is 4.11. The van der Waals surface area contributed by atoms with Crippen LogP contribution in [0.15, 0.2) is 47.6 Å². The first-order valence-electron chi connectivity index (χ1n) is 9.10. The summed E-state index contributed by atoms with van der Waals surface area (Å²) in [4.78, 5) is 20.7. The minimum Gasteiger partial charge on any atom is -0.357 e. The lowest BCUT2D eigenvalue weighted by Gasteiger charge is -2.30. The van der Waals surface area contributed by atoms with Crippen LogP contribution in [0.5, 0.6) is 0 Å². The number of amides is 1. The molecule has 0 aliphatic carbocycles. The summed E-state index contributed by atoms with van der Waals surface area (Å²) in [6.45, 7) is 6.12. The van der Waals surface area contributed by atoms with E-state index in [0.29, 0.717) is 18.8 Å². The van der Waals surface area contributed by atoms with E-state index in [2.05, 4.69) is 33.9 Å². The maximum atomic E-state index is 12.5. The molecule has 0 saturated carbocycles. The summed E-state index contributed by atoms with van der Waals surface area (Å²) in [5.74, 6) is -0.181. The minimum atomic E-state index is -4.29. The molecule has 0 unspecified atom stereocenters. The molecule has 1 aromatic heterocycles. The Morgan fingerprint density at radius 2 is 1.93 bits per heavy atom. The number of rotatable bonds is 5. The molecular weight excluding hydrogens is 401 g/mol. The number of halogens is 3. The summed E-state index contributed by atoms with van der Waals surface area (Å²) in [6.07, 6.45) is 3.23. The highest BCUT2D eigenvalue weighted by molar-refractivity contribution is 8.00. The number of anilines is 1. The van der Waals surface area contributed by atoms with Gasteiger partial charge >= 0.3 is 5.51 Å². The number of carbonyl (C=O) groups is 1. The zero-order chi connectivity index (χ0) is 21.2. The summed E-state index contributed by atoms with van der Waals surface area (Å²) < 4.78 is 37.6. The van der Waals surface area contributed by atoms with Gasteiger partial charge in [0.1, 0.15) is 0 Å². The molecule has 1 aromatic carbocycles. The van der Waals surface area contributed by atoms with Crippen LogP contribution in [0.2, 0.25) is 0 Å². The Kier molecular flexibility index (Phi) is 6.09. The second-order valence-electron chi connectivity index (χ2n) is 7.50. The topological polar surface area (TPSA) is 48.5 Å². The van der Waals surface area contributed by atoms with Crippen molar-refractivity contribution in [1.82, 2.24) is 15.2 Å². The van der Waals surface area contributed by atoms with Crippen LogP contribution >= 0.6 is 11.8 Å². The second kappa shape index (κ2) is 8.23. The Morgan fingerprint density at radius 1 is 1.24 bits per heavy atom. The van der Waals surface area contributed by atoms with Gasteiger partial charge in [-0.3, -0.25) is 14.7 Å². The first-order valence-corrected chi connectivity index (χ1v) is 9.91. The Labute approximate surface area is 172 Å². The van der Waals surface area contributed by atoms with Crippen molar-refractivity contribution in [3.63, 3.8) is 0 Å². The zero-order valence-electron chi connectivity index (χ0n) is 16.5. The van der Waals surface area contributed by atoms with E-state index in [1.165, 1.54) is 12.1 Å². The average Bonchev–Trinajstić information content (AvgIpc) is 2.95. The Balaban J connectivity index is 1.75. The fraction of sp³-hybridized carbons (Fsp3) is 0.400. The van der Waals surface area contributed by atoms with Crippen LogP contribution < -0.4 is 10.2 Å². The fourth-order valence-electron chi connectivity index (χ4n) is 3.42. The number of nitrogens with zero attached hydrogens (tertiary/aromatic N) is 3. The van der Waals surface area contributed by atoms with Crippen molar-refractivity contribution < 1.29 is 18.0 Å². The molecule has 2 aromatic rings. The highest BCUT2D eigenvalue weighted by atomic mass is 32.2. The normalized spacial score (nSPS) is 16.8. The SMILES string of the molecule is CNC(=O)c1cnccc1CN1CN(c2ccc(SC(F)(F)F)cc2)CC1(C)C. The molecule has 29 heavy (non-hydrogen) atoms. The second-order valence-corrected chi connectivity index (χ2v) is 8.64. The van der Waals surface area contributed by atoms with Gasteiger partial charge in [0.05, 0.1) is 12.2 Å². The molecule has 2 heterocycles. The van der Waals surface area contributed by atoms with E-state index in [-0.39, 0.29) is 28.1 Å². The fourth-order valence-corrected chi connectivity index (χ4v) is 3.96. The molecular formula is C20H23F3N4OS. The van der Waals surface area contributed by atoms with E-state index in [9.17, 15) is 18.0 Å². The third kappa shape index (κ3) is 5.22. The van der Waals surface area contributed by atoms with Gasteiger partial charge in [-0.15, -0.1) is 0 Å². The van der Waals surface area contributed by atoms with Gasteiger partial charge in [-0.05, 0) is 61.5 Å². The van der Waals surface area contributed by atoms with E-state index in [1.54, 1.807) is 31.6 Å². The first-order chi connectivity index (χ1) is 13.6. The van der Waals surface area contributed by atoms with Crippen molar-refractivity contribution in [2.45, 2.75) is 36.3 Å². The van der Waals surface area contributed by atoms with Crippen molar-refractivity contribution in [2.24, 2.45) is 0 Å². The van der Waals surface area contributed by atoms with Crippen LogP contribution in [0.1, 0.15) is 29.8 Å². The van der Waals surface area contributed by atoms with Crippen molar-refractivity contribution in [1.29, 1.82) is 0 Å². The van der Waals surface area contributed by atoms with Gasteiger partial charge in [0.15, 0.2) is 0 Å². The van der Waals surface area contributed by atoms with E-state index in [1.807, 2.05) is 6.07 Å². The molecule has 1 fully saturated rings. The van der Waals surface area contributed by atoms with Gasteiger partial charge in [-0.1, -0.05) is 0 Å². The summed E-state index contributed by atoms with van der Waals surface area (Å²) in [7, 11) is 1.58. The quantitative estimate of drug-likeness (QED) is 0.732. The molecule has 5 nitrogen and oxygen atoms in total. The van der Waals surface area contributed by atoms with E-state index >= 15 is 0 Å². The average molecular weight is 424 g/mol. The number of benzene rings is 1. The molecule has 0 spiro atoms. The zero-order valence-corrected chi connectivity index (χ0v) is 17.3. The number of aromatic nitrogens is 1. The highest BCUT2D eigenvalue weighted by Gasteiger charge is 2.37. The Bertz CT molecular complexity index is 871. The smallest absolute Gasteiger partial charge is 0.357 e. The van der Waals surface area contributed by atoms with Crippen molar-refractivity contribution in [3.8, 4) is 0 Å². The third-order valence-electron chi connectivity index (χ3n) is 4.95. The summed E-state index contributed by atoms with van der Waals surface area (Å²) in [6, 6.07) is 8.27. The van der Waals surface area contributed by atoms with Gasteiger partial charge in [-0.2, -0.15) is 13.2 Å². The van der Waals surface area contributed by atoms with Crippen molar-refractivity contribution >= 4 is 23.4 Å².